The first-order chi connectivity index (χ1) is 11.5. The van der Waals surface area contributed by atoms with Crippen molar-refractivity contribution in [3.8, 4) is 11.4 Å². The Balaban J connectivity index is 2.66. The van der Waals surface area contributed by atoms with Gasteiger partial charge < -0.3 is 14.9 Å². The number of ether oxygens (including phenoxy) is 1. The maximum atomic E-state index is 9.95. The van der Waals surface area contributed by atoms with E-state index in [1.54, 1.807) is 11.8 Å². The molecule has 0 unspecified atom stereocenters. The van der Waals surface area contributed by atoms with Crippen LogP contribution in [0.5, 0.6) is 5.75 Å². The maximum absolute atomic E-state index is 9.95. The Hall–Kier alpha value is -1.92. The number of para-hydroxylation sites is 2. The molecule has 0 radical (unpaired) electrons. The van der Waals surface area contributed by atoms with E-state index in [2.05, 4.69) is 23.9 Å². The highest BCUT2D eigenvalue weighted by Crippen LogP contribution is 2.31. The SMILES string of the molecule is CCC(CO)(CO)c1nc(CC(C)C)nn1-c1ccccc1OC. The Kier molecular flexibility index (Phi) is 5.96. The lowest BCUT2D eigenvalue weighted by atomic mass is 9.86. The minimum absolute atomic E-state index is 0.199. The van der Waals surface area contributed by atoms with Gasteiger partial charge in [-0.25, -0.2) is 9.67 Å². The van der Waals surface area contributed by atoms with E-state index in [0.717, 1.165) is 12.1 Å². The normalized spacial score (nSPS) is 12.0. The summed E-state index contributed by atoms with van der Waals surface area (Å²) >= 11 is 0. The molecule has 0 aliphatic rings. The molecule has 6 nitrogen and oxygen atoms in total. The summed E-state index contributed by atoms with van der Waals surface area (Å²) in [5, 5.41) is 24.5. The standard InChI is InChI=1S/C18H27N3O3/c1-5-18(11-22,12-23)17-19-16(10-13(2)3)20-21(17)14-8-6-7-9-15(14)24-4/h6-9,13,22-23H,5,10-12H2,1-4H3. The van der Waals surface area contributed by atoms with Crippen LogP contribution in [0.1, 0.15) is 38.8 Å². The highest BCUT2D eigenvalue weighted by Gasteiger charge is 2.36. The van der Waals surface area contributed by atoms with Gasteiger partial charge in [-0.2, -0.15) is 5.10 Å². The Morgan fingerprint density at radius 3 is 2.42 bits per heavy atom. The zero-order valence-electron chi connectivity index (χ0n) is 14.9. The highest BCUT2D eigenvalue weighted by atomic mass is 16.5. The first-order valence-corrected chi connectivity index (χ1v) is 8.32. The number of aliphatic hydroxyl groups excluding tert-OH is 2. The highest BCUT2D eigenvalue weighted by molar-refractivity contribution is 5.47. The molecule has 6 heteroatoms. The van der Waals surface area contributed by atoms with Crippen LogP contribution in [-0.4, -0.2) is 45.3 Å². The second-order valence-corrected chi connectivity index (χ2v) is 6.48. The van der Waals surface area contributed by atoms with Gasteiger partial charge in [0.05, 0.1) is 25.7 Å². The Labute approximate surface area is 143 Å². The van der Waals surface area contributed by atoms with E-state index in [1.165, 1.54) is 0 Å². The number of nitrogens with zero attached hydrogens (tertiary/aromatic N) is 3. The number of methoxy groups -OCH3 is 1. The summed E-state index contributed by atoms with van der Waals surface area (Å²) in [5.74, 6) is 2.34. The van der Waals surface area contributed by atoms with Crippen molar-refractivity contribution < 1.29 is 14.9 Å². The van der Waals surface area contributed by atoms with E-state index in [4.69, 9.17) is 4.74 Å². The minimum Gasteiger partial charge on any atom is -0.494 e. The maximum Gasteiger partial charge on any atom is 0.151 e. The van der Waals surface area contributed by atoms with Gasteiger partial charge in [0.15, 0.2) is 5.82 Å². The summed E-state index contributed by atoms with van der Waals surface area (Å²) in [6.45, 7) is 5.74. The van der Waals surface area contributed by atoms with Crippen molar-refractivity contribution in [2.45, 2.75) is 39.0 Å². The van der Waals surface area contributed by atoms with Crippen LogP contribution in [0, 0.1) is 5.92 Å². The summed E-state index contributed by atoms with van der Waals surface area (Å²) < 4.78 is 7.15. The Morgan fingerprint density at radius 2 is 1.88 bits per heavy atom. The molecule has 1 aromatic heterocycles. The Bertz CT molecular complexity index is 655. The molecule has 1 aromatic carbocycles. The van der Waals surface area contributed by atoms with Gasteiger partial charge in [0.1, 0.15) is 17.3 Å². The summed E-state index contributed by atoms with van der Waals surface area (Å²) in [4.78, 5) is 4.66. The van der Waals surface area contributed by atoms with Gasteiger partial charge in [-0.05, 0) is 24.5 Å². The van der Waals surface area contributed by atoms with Crippen LogP contribution in [-0.2, 0) is 11.8 Å². The summed E-state index contributed by atoms with van der Waals surface area (Å²) in [6, 6.07) is 7.54. The molecule has 2 N–H and O–H groups in total. The van der Waals surface area contributed by atoms with Crippen LogP contribution in [0.2, 0.25) is 0 Å². The molecule has 1 heterocycles. The predicted molar refractivity (Wildman–Crippen MR) is 92.6 cm³/mol. The average molecular weight is 333 g/mol. The van der Waals surface area contributed by atoms with Crippen molar-refractivity contribution in [3.63, 3.8) is 0 Å². The molecule has 2 rings (SSSR count). The quantitative estimate of drug-likeness (QED) is 0.773. The number of hydrogen-bond acceptors (Lipinski definition) is 5. The minimum atomic E-state index is -0.844. The zero-order valence-corrected chi connectivity index (χ0v) is 14.9. The third-order valence-corrected chi connectivity index (χ3v) is 4.31. The lowest BCUT2D eigenvalue weighted by Crippen LogP contribution is -2.37. The van der Waals surface area contributed by atoms with E-state index >= 15 is 0 Å². The van der Waals surface area contributed by atoms with Gasteiger partial charge in [-0.15, -0.1) is 0 Å². The van der Waals surface area contributed by atoms with E-state index in [-0.39, 0.29) is 13.2 Å². The summed E-state index contributed by atoms with van der Waals surface area (Å²) in [6.07, 6.45) is 1.28. The van der Waals surface area contributed by atoms with Crippen molar-refractivity contribution in [2.75, 3.05) is 20.3 Å². The fourth-order valence-corrected chi connectivity index (χ4v) is 2.70. The lowest BCUT2D eigenvalue weighted by molar-refractivity contribution is 0.105. The van der Waals surface area contributed by atoms with Crippen LogP contribution >= 0.6 is 0 Å². The van der Waals surface area contributed by atoms with Crippen LogP contribution in [0.4, 0.5) is 0 Å². The van der Waals surface area contributed by atoms with Crippen LogP contribution in [0.25, 0.3) is 5.69 Å². The van der Waals surface area contributed by atoms with Gasteiger partial charge in [0.2, 0.25) is 0 Å². The summed E-state index contributed by atoms with van der Waals surface area (Å²) in [7, 11) is 1.61. The fourth-order valence-electron chi connectivity index (χ4n) is 2.70. The van der Waals surface area contributed by atoms with Crippen LogP contribution in [0.15, 0.2) is 24.3 Å². The van der Waals surface area contributed by atoms with Gasteiger partial charge in [0.25, 0.3) is 0 Å². The molecule has 0 aliphatic carbocycles. The van der Waals surface area contributed by atoms with Gasteiger partial charge >= 0.3 is 0 Å². The number of benzene rings is 1. The number of rotatable bonds is 8. The molecule has 0 saturated heterocycles. The third-order valence-electron chi connectivity index (χ3n) is 4.31. The molecular formula is C18H27N3O3. The third kappa shape index (κ3) is 3.44. The van der Waals surface area contributed by atoms with Gasteiger partial charge in [-0.3, -0.25) is 0 Å². The molecule has 2 aromatic rings. The van der Waals surface area contributed by atoms with Crippen molar-refractivity contribution in [2.24, 2.45) is 5.92 Å². The average Bonchev–Trinajstić information content (AvgIpc) is 3.00. The van der Waals surface area contributed by atoms with Crippen LogP contribution < -0.4 is 4.74 Å². The van der Waals surface area contributed by atoms with Gasteiger partial charge in [-0.1, -0.05) is 32.9 Å². The second-order valence-electron chi connectivity index (χ2n) is 6.48. The van der Waals surface area contributed by atoms with Crippen molar-refractivity contribution in [1.82, 2.24) is 14.8 Å². The molecule has 132 valence electrons. The molecule has 0 saturated carbocycles. The first kappa shape index (κ1) is 18.4. The monoisotopic (exact) mass is 333 g/mol. The predicted octanol–water partition coefficient (Wildman–Crippen LogP) is 2.11. The Morgan fingerprint density at radius 1 is 1.21 bits per heavy atom. The molecule has 0 amide bonds. The molecule has 24 heavy (non-hydrogen) atoms. The summed E-state index contributed by atoms with van der Waals surface area (Å²) in [5.41, 5.74) is -0.0967. The topological polar surface area (TPSA) is 80.4 Å². The number of aromatic nitrogens is 3. The molecule has 0 bridgehead atoms. The molecule has 0 spiro atoms. The van der Waals surface area contributed by atoms with Crippen molar-refractivity contribution in [3.05, 3.63) is 35.9 Å². The largest absolute Gasteiger partial charge is 0.494 e. The van der Waals surface area contributed by atoms with Crippen molar-refractivity contribution >= 4 is 0 Å². The lowest BCUT2D eigenvalue weighted by Gasteiger charge is -2.27. The van der Waals surface area contributed by atoms with E-state index < -0.39 is 5.41 Å². The van der Waals surface area contributed by atoms with E-state index in [1.807, 2.05) is 31.2 Å². The fraction of sp³-hybridized carbons (Fsp3) is 0.556. The smallest absolute Gasteiger partial charge is 0.151 e. The molecule has 0 fully saturated rings. The molecule has 0 aliphatic heterocycles. The van der Waals surface area contributed by atoms with Crippen molar-refractivity contribution in [1.29, 1.82) is 0 Å². The second kappa shape index (κ2) is 7.77. The van der Waals surface area contributed by atoms with Crippen LogP contribution in [0.3, 0.4) is 0 Å². The first-order valence-electron chi connectivity index (χ1n) is 8.32. The molecular weight excluding hydrogens is 306 g/mol. The number of aliphatic hydroxyl groups is 2. The zero-order chi connectivity index (χ0) is 17.7. The molecule has 0 atom stereocenters. The number of hydrogen-bond donors (Lipinski definition) is 2. The van der Waals surface area contributed by atoms with E-state index in [0.29, 0.717) is 29.7 Å². The van der Waals surface area contributed by atoms with Gasteiger partial charge in [0, 0.05) is 6.42 Å². The van der Waals surface area contributed by atoms with E-state index in [9.17, 15) is 10.2 Å².